The molecule has 0 radical (unpaired) electrons. The molecule has 0 atom stereocenters. The van der Waals surface area contributed by atoms with Gasteiger partial charge in [-0.25, -0.2) is 0 Å². The quantitative estimate of drug-likeness (QED) is 0.196. The van der Waals surface area contributed by atoms with Crippen molar-refractivity contribution < 1.29 is 0 Å². The fraction of sp³-hybridized carbons (Fsp3) is 0.0698. The second-order valence-corrected chi connectivity index (χ2v) is 13.6. The molecule has 0 N–H and O–H groups in total. The molecule has 2 heteroatoms. The number of hydrogen-bond acceptors (Lipinski definition) is 2. The zero-order valence-corrected chi connectivity index (χ0v) is 26.1. The minimum Gasteiger partial charge on any atom is -0.309 e. The summed E-state index contributed by atoms with van der Waals surface area (Å²) in [5.41, 5.74) is 11.4. The Labute approximate surface area is 267 Å². The Hall–Kier alpha value is -5.18. The minimum atomic E-state index is -0.0887. The van der Waals surface area contributed by atoms with Gasteiger partial charge >= 0.3 is 0 Å². The van der Waals surface area contributed by atoms with E-state index in [-0.39, 0.29) is 5.41 Å². The summed E-state index contributed by atoms with van der Waals surface area (Å²) in [4.78, 5) is 2.53. The minimum absolute atomic E-state index is 0.0887. The Morgan fingerprint density at radius 2 is 1.02 bits per heavy atom. The maximum absolute atomic E-state index is 2.53. The fourth-order valence-electron chi connectivity index (χ4n) is 7.57. The normalized spacial score (nSPS) is 13.3. The van der Waals surface area contributed by atoms with Crippen molar-refractivity contribution in [3.05, 3.63) is 163 Å². The Bertz CT molecular complexity index is 2420. The topological polar surface area (TPSA) is 3.24 Å². The van der Waals surface area contributed by atoms with Gasteiger partial charge in [0.25, 0.3) is 0 Å². The molecule has 1 nitrogen and oxygen atoms in total. The molecule has 45 heavy (non-hydrogen) atoms. The number of fused-ring (bicyclic) bond motifs is 7. The van der Waals surface area contributed by atoms with E-state index in [2.05, 4.69) is 170 Å². The predicted octanol–water partition coefficient (Wildman–Crippen LogP) is 12.7. The summed E-state index contributed by atoms with van der Waals surface area (Å²) >= 11 is 1.89. The van der Waals surface area contributed by atoms with E-state index in [0.717, 1.165) is 0 Å². The zero-order chi connectivity index (χ0) is 30.1. The second-order valence-electron chi connectivity index (χ2n) is 12.5. The summed E-state index contributed by atoms with van der Waals surface area (Å²) in [6.07, 6.45) is 0. The van der Waals surface area contributed by atoms with Crippen molar-refractivity contribution in [1.82, 2.24) is 0 Å². The molecule has 0 spiro atoms. The van der Waals surface area contributed by atoms with Crippen molar-refractivity contribution in [3.8, 4) is 22.3 Å². The third-order valence-corrected chi connectivity index (χ3v) is 10.9. The summed E-state index contributed by atoms with van der Waals surface area (Å²) in [5.74, 6) is 0. The van der Waals surface area contributed by atoms with Crippen molar-refractivity contribution in [1.29, 1.82) is 0 Å². The molecule has 1 aliphatic carbocycles. The Morgan fingerprint density at radius 3 is 1.93 bits per heavy atom. The first-order chi connectivity index (χ1) is 22.1. The van der Waals surface area contributed by atoms with Crippen LogP contribution in [0.4, 0.5) is 17.1 Å². The second kappa shape index (κ2) is 9.92. The molecule has 0 saturated carbocycles. The monoisotopic (exact) mass is 593 g/mol. The third kappa shape index (κ3) is 3.86. The smallest absolute Gasteiger partial charge is 0.0543 e. The maximum atomic E-state index is 2.53. The number of nitrogens with zero attached hydrogens (tertiary/aromatic N) is 1. The SMILES string of the molecule is CC1(C)c2ccccc2-c2c(N(c3ccccc3-c3cccc4c3sc3ccccc34)c3cccc4ccccc34)cccc21. The standard InChI is InChI=1S/C43H31NS/c1-43(2)35-22-8-5-19-34(35)41-36(43)23-13-26-39(41)44(37-25-11-15-28-14-3-4-16-29(28)37)38-24-9-6-17-30(38)32-20-12-21-33-31-18-7-10-27-40(31)45-42(32)33/h3-27H,1-2H3. The molecule has 0 unspecified atom stereocenters. The molecule has 7 aromatic carbocycles. The van der Waals surface area contributed by atoms with Crippen molar-refractivity contribution >= 4 is 59.3 Å². The van der Waals surface area contributed by atoms with Gasteiger partial charge in [0.15, 0.2) is 0 Å². The maximum Gasteiger partial charge on any atom is 0.0543 e. The average Bonchev–Trinajstić information content (AvgIpc) is 3.58. The highest BCUT2D eigenvalue weighted by atomic mass is 32.1. The van der Waals surface area contributed by atoms with Crippen LogP contribution in [0.1, 0.15) is 25.0 Å². The summed E-state index contributed by atoms with van der Waals surface area (Å²) in [7, 11) is 0. The Kier molecular flexibility index (Phi) is 5.78. The van der Waals surface area contributed by atoms with Crippen LogP contribution in [0.25, 0.3) is 53.2 Å². The Balaban J connectivity index is 1.38. The number of para-hydroxylation sites is 1. The molecule has 214 valence electrons. The molecule has 0 fully saturated rings. The lowest BCUT2D eigenvalue weighted by atomic mass is 9.82. The van der Waals surface area contributed by atoms with Gasteiger partial charge in [0.05, 0.1) is 17.1 Å². The summed E-state index contributed by atoms with van der Waals surface area (Å²) in [6, 6.07) is 55.8. The lowest BCUT2D eigenvalue weighted by molar-refractivity contribution is 0.660. The predicted molar refractivity (Wildman–Crippen MR) is 195 cm³/mol. The molecule has 1 aliphatic rings. The largest absolute Gasteiger partial charge is 0.309 e. The summed E-state index contributed by atoms with van der Waals surface area (Å²) in [6.45, 7) is 4.72. The van der Waals surface area contributed by atoms with Gasteiger partial charge in [-0.15, -0.1) is 11.3 Å². The molecular formula is C43H31NS. The first-order valence-electron chi connectivity index (χ1n) is 15.6. The molecule has 0 aliphatic heterocycles. The van der Waals surface area contributed by atoms with Gasteiger partial charge in [0.2, 0.25) is 0 Å². The highest BCUT2D eigenvalue weighted by Crippen LogP contribution is 2.55. The van der Waals surface area contributed by atoms with E-state index in [9.17, 15) is 0 Å². The molecule has 0 bridgehead atoms. The zero-order valence-electron chi connectivity index (χ0n) is 25.3. The van der Waals surface area contributed by atoms with E-state index in [4.69, 9.17) is 0 Å². The van der Waals surface area contributed by atoms with Gasteiger partial charge in [0.1, 0.15) is 0 Å². The number of anilines is 3. The average molecular weight is 594 g/mol. The first-order valence-corrected chi connectivity index (χ1v) is 16.4. The lowest BCUT2D eigenvalue weighted by Gasteiger charge is -2.31. The van der Waals surface area contributed by atoms with Crippen molar-refractivity contribution in [2.75, 3.05) is 4.90 Å². The van der Waals surface area contributed by atoms with Crippen LogP contribution >= 0.6 is 11.3 Å². The van der Waals surface area contributed by atoms with Crippen LogP contribution < -0.4 is 4.90 Å². The van der Waals surface area contributed by atoms with Crippen LogP contribution in [0.15, 0.2) is 152 Å². The number of thiophene rings is 1. The molecular weight excluding hydrogens is 563 g/mol. The Morgan fingerprint density at radius 1 is 0.444 bits per heavy atom. The molecule has 8 aromatic rings. The van der Waals surface area contributed by atoms with Gasteiger partial charge in [-0.2, -0.15) is 0 Å². The van der Waals surface area contributed by atoms with Gasteiger partial charge in [-0.3, -0.25) is 0 Å². The highest BCUT2D eigenvalue weighted by molar-refractivity contribution is 7.26. The highest BCUT2D eigenvalue weighted by Gasteiger charge is 2.38. The number of hydrogen-bond donors (Lipinski definition) is 0. The van der Waals surface area contributed by atoms with E-state index in [1.807, 2.05) is 11.3 Å². The number of rotatable bonds is 4. The summed E-state index contributed by atoms with van der Waals surface area (Å²) in [5, 5.41) is 5.11. The van der Waals surface area contributed by atoms with E-state index < -0.39 is 0 Å². The van der Waals surface area contributed by atoms with Crippen LogP contribution in [-0.4, -0.2) is 0 Å². The van der Waals surface area contributed by atoms with E-state index in [0.29, 0.717) is 0 Å². The van der Waals surface area contributed by atoms with E-state index in [1.165, 1.54) is 81.4 Å². The van der Waals surface area contributed by atoms with Crippen LogP contribution in [0.2, 0.25) is 0 Å². The van der Waals surface area contributed by atoms with E-state index in [1.54, 1.807) is 0 Å². The van der Waals surface area contributed by atoms with E-state index >= 15 is 0 Å². The molecule has 1 heterocycles. The fourth-order valence-corrected chi connectivity index (χ4v) is 8.80. The van der Waals surface area contributed by atoms with Gasteiger partial charge in [-0.05, 0) is 46.3 Å². The number of benzene rings is 7. The van der Waals surface area contributed by atoms with Crippen LogP contribution in [0.3, 0.4) is 0 Å². The van der Waals surface area contributed by atoms with Crippen LogP contribution in [-0.2, 0) is 5.41 Å². The summed E-state index contributed by atoms with van der Waals surface area (Å²) < 4.78 is 2.65. The molecule has 0 amide bonds. The first kappa shape index (κ1) is 26.2. The van der Waals surface area contributed by atoms with Gasteiger partial charge in [-0.1, -0.05) is 141 Å². The van der Waals surface area contributed by atoms with Gasteiger partial charge < -0.3 is 4.90 Å². The van der Waals surface area contributed by atoms with Crippen molar-refractivity contribution in [2.24, 2.45) is 0 Å². The molecule has 1 aromatic heterocycles. The van der Waals surface area contributed by atoms with Crippen LogP contribution in [0, 0.1) is 0 Å². The third-order valence-electron chi connectivity index (χ3n) is 9.67. The van der Waals surface area contributed by atoms with Crippen LogP contribution in [0.5, 0.6) is 0 Å². The van der Waals surface area contributed by atoms with Gasteiger partial charge in [0, 0.05) is 47.7 Å². The van der Waals surface area contributed by atoms with Crippen molar-refractivity contribution in [2.45, 2.75) is 19.3 Å². The molecule has 0 saturated heterocycles. The lowest BCUT2D eigenvalue weighted by Crippen LogP contribution is -2.16. The van der Waals surface area contributed by atoms with Crippen molar-refractivity contribution in [3.63, 3.8) is 0 Å². The molecule has 9 rings (SSSR count).